The molecule has 0 saturated heterocycles. The summed E-state index contributed by atoms with van der Waals surface area (Å²) in [6, 6.07) is 10.1. The number of ether oxygens (including phenoxy) is 1. The first-order valence-electron chi connectivity index (χ1n) is 9.29. The Balaban J connectivity index is 1.70. The van der Waals surface area contributed by atoms with Crippen molar-refractivity contribution in [3.63, 3.8) is 0 Å². The number of benzene rings is 1. The molecular formula is C20H27N3O3. The summed E-state index contributed by atoms with van der Waals surface area (Å²) in [6.07, 6.45) is 5.24. The number of hydrogen-bond donors (Lipinski definition) is 0. The van der Waals surface area contributed by atoms with Crippen molar-refractivity contribution in [2.45, 2.75) is 44.6 Å². The highest BCUT2D eigenvalue weighted by molar-refractivity contribution is 5.83. The highest BCUT2D eigenvalue weighted by Gasteiger charge is 2.34. The number of likely N-dealkylation sites (N-methyl/N-ethyl adjacent to an activating group) is 1. The molecule has 6 nitrogen and oxygen atoms in total. The summed E-state index contributed by atoms with van der Waals surface area (Å²) in [4.78, 5) is 19.3. The summed E-state index contributed by atoms with van der Waals surface area (Å²) < 4.78 is 10.3. The average Bonchev–Trinajstić information content (AvgIpc) is 3.33. The van der Waals surface area contributed by atoms with E-state index in [2.05, 4.69) is 22.3 Å². The maximum atomic E-state index is 13.2. The quantitative estimate of drug-likeness (QED) is 0.726. The molecule has 1 heterocycles. The van der Waals surface area contributed by atoms with Gasteiger partial charge in [0.1, 0.15) is 0 Å². The van der Waals surface area contributed by atoms with Crippen LogP contribution >= 0.6 is 0 Å². The van der Waals surface area contributed by atoms with Crippen LogP contribution in [-0.4, -0.2) is 41.7 Å². The molecule has 3 rings (SSSR count). The number of methoxy groups -OCH3 is 1. The Labute approximate surface area is 154 Å². The molecule has 1 aliphatic rings. The first kappa shape index (κ1) is 18.6. The van der Waals surface area contributed by atoms with Crippen molar-refractivity contribution in [1.82, 2.24) is 15.0 Å². The largest absolute Gasteiger partial charge is 0.384 e. The maximum absolute atomic E-state index is 13.2. The van der Waals surface area contributed by atoms with Crippen LogP contribution in [0.5, 0.6) is 0 Å². The Kier molecular flexibility index (Phi) is 6.39. The van der Waals surface area contributed by atoms with Gasteiger partial charge in [-0.15, -0.1) is 0 Å². The first-order valence-corrected chi connectivity index (χ1v) is 9.29. The molecular weight excluding hydrogens is 330 g/mol. The molecule has 1 unspecified atom stereocenters. The van der Waals surface area contributed by atoms with Gasteiger partial charge in [-0.05, 0) is 24.3 Å². The second-order valence-corrected chi connectivity index (χ2v) is 6.97. The van der Waals surface area contributed by atoms with Crippen molar-refractivity contribution in [3.8, 4) is 0 Å². The molecule has 1 aromatic carbocycles. The summed E-state index contributed by atoms with van der Waals surface area (Å²) >= 11 is 0. The van der Waals surface area contributed by atoms with Gasteiger partial charge in [-0.3, -0.25) is 4.79 Å². The number of hydrogen-bond acceptors (Lipinski definition) is 5. The molecule has 26 heavy (non-hydrogen) atoms. The van der Waals surface area contributed by atoms with Crippen LogP contribution in [0.3, 0.4) is 0 Å². The van der Waals surface area contributed by atoms with E-state index in [0.29, 0.717) is 37.2 Å². The fraction of sp³-hybridized carbons (Fsp3) is 0.550. The van der Waals surface area contributed by atoms with Gasteiger partial charge in [-0.25, -0.2) is 0 Å². The van der Waals surface area contributed by atoms with Crippen molar-refractivity contribution in [1.29, 1.82) is 0 Å². The minimum absolute atomic E-state index is 0.0976. The van der Waals surface area contributed by atoms with Crippen LogP contribution in [0.1, 0.15) is 48.9 Å². The second kappa shape index (κ2) is 8.94. The zero-order valence-electron chi connectivity index (χ0n) is 15.6. The van der Waals surface area contributed by atoms with Gasteiger partial charge in [0.25, 0.3) is 0 Å². The van der Waals surface area contributed by atoms with E-state index in [0.717, 1.165) is 18.4 Å². The van der Waals surface area contributed by atoms with E-state index in [1.807, 2.05) is 25.2 Å². The van der Waals surface area contributed by atoms with E-state index >= 15 is 0 Å². The van der Waals surface area contributed by atoms with Gasteiger partial charge in [0.15, 0.2) is 5.82 Å². The molecule has 0 spiro atoms. The molecule has 0 bridgehead atoms. The highest BCUT2D eigenvalue weighted by Crippen LogP contribution is 2.38. The van der Waals surface area contributed by atoms with Gasteiger partial charge in [-0.1, -0.05) is 48.3 Å². The van der Waals surface area contributed by atoms with Gasteiger partial charge < -0.3 is 14.2 Å². The van der Waals surface area contributed by atoms with Crippen LogP contribution in [0.25, 0.3) is 0 Å². The molecule has 0 radical (unpaired) electrons. The topological polar surface area (TPSA) is 68.5 Å². The Hall–Kier alpha value is -2.21. The summed E-state index contributed by atoms with van der Waals surface area (Å²) in [5.74, 6) is 1.51. The number of rotatable bonds is 8. The van der Waals surface area contributed by atoms with E-state index in [1.165, 1.54) is 12.8 Å². The Morgan fingerprint density at radius 1 is 1.31 bits per heavy atom. The van der Waals surface area contributed by atoms with Crippen molar-refractivity contribution in [3.05, 3.63) is 47.6 Å². The summed E-state index contributed by atoms with van der Waals surface area (Å²) in [6.45, 7) is 0.875. The predicted octanol–water partition coefficient (Wildman–Crippen LogP) is 3.19. The van der Waals surface area contributed by atoms with E-state index in [4.69, 9.17) is 9.26 Å². The maximum Gasteiger partial charge on any atom is 0.246 e. The number of amides is 1. The summed E-state index contributed by atoms with van der Waals surface area (Å²) in [5, 5.41) is 3.94. The molecule has 1 aliphatic carbocycles. The highest BCUT2D eigenvalue weighted by atomic mass is 16.5. The molecule has 1 amide bonds. The lowest BCUT2D eigenvalue weighted by Crippen LogP contribution is -2.34. The van der Waals surface area contributed by atoms with Crippen molar-refractivity contribution in [2.24, 2.45) is 5.92 Å². The molecule has 6 heteroatoms. The lowest BCUT2D eigenvalue weighted by atomic mass is 9.84. The Morgan fingerprint density at radius 3 is 2.73 bits per heavy atom. The van der Waals surface area contributed by atoms with Crippen LogP contribution in [-0.2, 0) is 22.5 Å². The molecule has 1 saturated carbocycles. The molecule has 0 aliphatic heterocycles. The fourth-order valence-electron chi connectivity index (χ4n) is 3.73. The summed E-state index contributed by atoms with van der Waals surface area (Å²) in [7, 11) is 3.45. The third-order valence-corrected chi connectivity index (χ3v) is 5.08. The monoisotopic (exact) mass is 357 g/mol. The van der Waals surface area contributed by atoms with Crippen molar-refractivity contribution < 1.29 is 14.1 Å². The Morgan fingerprint density at radius 2 is 2.04 bits per heavy atom. The van der Waals surface area contributed by atoms with Crippen LogP contribution in [0.2, 0.25) is 0 Å². The zero-order chi connectivity index (χ0) is 18.4. The minimum Gasteiger partial charge on any atom is -0.384 e. The third kappa shape index (κ3) is 4.49. The van der Waals surface area contributed by atoms with Crippen LogP contribution < -0.4 is 0 Å². The summed E-state index contributed by atoms with van der Waals surface area (Å²) in [5.41, 5.74) is 1.10. The lowest BCUT2D eigenvalue weighted by Gasteiger charge is -2.27. The molecule has 140 valence electrons. The SMILES string of the molecule is COCCc1noc(CN(C)C(=O)C(c2ccccc2)C2CCCC2)n1. The van der Waals surface area contributed by atoms with Crippen molar-refractivity contribution >= 4 is 5.91 Å². The lowest BCUT2D eigenvalue weighted by molar-refractivity contribution is -0.133. The second-order valence-electron chi connectivity index (χ2n) is 6.97. The number of carbonyl (C=O) groups excluding carboxylic acids is 1. The smallest absolute Gasteiger partial charge is 0.246 e. The number of aromatic nitrogens is 2. The normalized spacial score (nSPS) is 15.9. The van der Waals surface area contributed by atoms with Crippen LogP contribution in [0, 0.1) is 5.92 Å². The van der Waals surface area contributed by atoms with Crippen LogP contribution in [0.4, 0.5) is 0 Å². The Bertz CT molecular complexity index is 695. The van der Waals surface area contributed by atoms with E-state index in [9.17, 15) is 4.79 Å². The molecule has 1 aromatic heterocycles. The van der Waals surface area contributed by atoms with Gasteiger partial charge >= 0.3 is 0 Å². The third-order valence-electron chi connectivity index (χ3n) is 5.08. The van der Waals surface area contributed by atoms with Gasteiger partial charge in [0.05, 0.1) is 19.1 Å². The number of nitrogens with zero attached hydrogens (tertiary/aromatic N) is 3. The molecule has 2 aromatic rings. The minimum atomic E-state index is -0.0976. The van der Waals surface area contributed by atoms with E-state index in [1.54, 1.807) is 12.0 Å². The van der Waals surface area contributed by atoms with Crippen LogP contribution in [0.15, 0.2) is 34.9 Å². The van der Waals surface area contributed by atoms with Gasteiger partial charge in [0, 0.05) is 20.6 Å². The fourth-order valence-corrected chi connectivity index (χ4v) is 3.73. The predicted molar refractivity (Wildman–Crippen MR) is 97.5 cm³/mol. The molecule has 0 N–H and O–H groups in total. The van der Waals surface area contributed by atoms with Gasteiger partial charge in [0.2, 0.25) is 11.8 Å². The number of carbonyl (C=O) groups is 1. The zero-order valence-corrected chi connectivity index (χ0v) is 15.6. The first-order chi connectivity index (χ1) is 12.7. The standard InChI is InChI=1S/C20H27N3O3/c1-23(14-18-21-17(22-26-18)12-13-25-2)20(24)19(16-10-6-7-11-16)15-8-4-3-5-9-15/h3-5,8-9,16,19H,6-7,10-14H2,1-2H3. The van der Waals surface area contributed by atoms with E-state index < -0.39 is 0 Å². The average molecular weight is 357 g/mol. The van der Waals surface area contributed by atoms with E-state index in [-0.39, 0.29) is 11.8 Å². The molecule has 1 fully saturated rings. The van der Waals surface area contributed by atoms with Gasteiger partial charge in [-0.2, -0.15) is 4.98 Å². The molecule has 1 atom stereocenters. The van der Waals surface area contributed by atoms with Crippen molar-refractivity contribution in [2.75, 3.05) is 20.8 Å².